The van der Waals surface area contributed by atoms with E-state index in [1.165, 1.54) is 11.8 Å². The van der Waals surface area contributed by atoms with Crippen LogP contribution in [0.25, 0.3) is 0 Å². The molecule has 0 saturated carbocycles. The molecule has 2 heterocycles. The van der Waals surface area contributed by atoms with Gasteiger partial charge in [0.15, 0.2) is 0 Å². The van der Waals surface area contributed by atoms with Gasteiger partial charge in [0.05, 0.1) is 21.9 Å². The van der Waals surface area contributed by atoms with Gasteiger partial charge in [0.25, 0.3) is 0 Å². The summed E-state index contributed by atoms with van der Waals surface area (Å²) in [6.45, 7) is 2.09. The Kier molecular flexibility index (Phi) is 3.19. The van der Waals surface area contributed by atoms with Crippen LogP contribution in [0, 0.1) is 5.41 Å². The Labute approximate surface area is 109 Å². The number of carbonyl (C=O) groups is 1. The Balaban J connectivity index is 2.28. The molecule has 0 bridgehead atoms. The lowest BCUT2D eigenvalue weighted by Crippen LogP contribution is -2.69. The molecule has 2 unspecified atom stereocenters. The second-order valence-corrected chi connectivity index (χ2v) is 5.57. The summed E-state index contributed by atoms with van der Waals surface area (Å²) in [5.74, 6) is -0.991. The molecule has 94 valence electrons. The number of hydrogen-bond acceptors (Lipinski definition) is 5. The van der Waals surface area contributed by atoms with Crippen LogP contribution in [0.15, 0.2) is 11.1 Å². The minimum absolute atomic E-state index is 0.135. The van der Waals surface area contributed by atoms with Crippen molar-refractivity contribution in [1.29, 1.82) is 0 Å². The van der Waals surface area contributed by atoms with Crippen molar-refractivity contribution < 1.29 is 15.0 Å². The predicted octanol–water partition coefficient (Wildman–Crippen LogP) is 0.344. The van der Waals surface area contributed by atoms with Crippen LogP contribution < -0.4 is 5.73 Å². The van der Waals surface area contributed by atoms with Crippen LogP contribution >= 0.6 is 24.0 Å². The SMILES string of the molecule is CC(O)C1(CCN)C(=S)N2C(C(=O)O)=CS[C@H]21. The third-order valence-electron chi connectivity index (χ3n) is 3.38. The summed E-state index contributed by atoms with van der Waals surface area (Å²) in [5.41, 5.74) is 5.20. The first-order valence-corrected chi connectivity index (χ1v) is 6.62. The van der Waals surface area contributed by atoms with Gasteiger partial charge in [-0.3, -0.25) is 0 Å². The predicted molar refractivity (Wildman–Crippen MR) is 69.3 cm³/mol. The fourth-order valence-corrected chi connectivity index (χ4v) is 4.63. The molecule has 2 rings (SSSR count). The molecule has 5 nitrogen and oxygen atoms in total. The summed E-state index contributed by atoms with van der Waals surface area (Å²) >= 11 is 6.67. The Bertz CT molecular complexity index is 410. The van der Waals surface area contributed by atoms with Gasteiger partial charge < -0.3 is 20.8 Å². The van der Waals surface area contributed by atoms with Crippen molar-refractivity contribution in [1.82, 2.24) is 4.90 Å². The van der Waals surface area contributed by atoms with Crippen molar-refractivity contribution in [2.75, 3.05) is 6.54 Å². The lowest BCUT2D eigenvalue weighted by Gasteiger charge is -2.57. The van der Waals surface area contributed by atoms with E-state index in [0.29, 0.717) is 18.0 Å². The first-order chi connectivity index (χ1) is 7.96. The molecular formula is C10H14N2O3S2. The Morgan fingerprint density at radius 1 is 1.82 bits per heavy atom. The molecule has 0 radical (unpaired) electrons. The van der Waals surface area contributed by atoms with Crippen LogP contribution in [0.3, 0.4) is 0 Å². The van der Waals surface area contributed by atoms with Crippen molar-refractivity contribution in [3.63, 3.8) is 0 Å². The van der Waals surface area contributed by atoms with Gasteiger partial charge in [-0.1, -0.05) is 12.2 Å². The van der Waals surface area contributed by atoms with Crippen molar-refractivity contribution >= 4 is 34.9 Å². The average Bonchev–Trinajstić information content (AvgIpc) is 2.66. The first kappa shape index (κ1) is 12.8. The number of thiocarbonyl (C=S) groups is 1. The standard InChI is InChI=1S/C10H14N2O3S2/c1-5(13)10(2-3-11)8(16)12-6(7(14)15)4-17-9(10)12/h4-5,9,13H,2-3,11H2,1H3,(H,14,15)/t5?,9-,10?/m0/s1. The third kappa shape index (κ3) is 1.53. The van der Waals surface area contributed by atoms with Crippen molar-refractivity contribution in [2.45, 2.75) is 24.8 Å². The van der Waals surface area contributed by atoms with Gasteiger partial charge in [0.1, 0.15) is 5.70 Å². The normalized spacial score (nSPS) is 32.9. The lowest BCUT2D eigenvalue weighted by atomic mass is 9.71. The summed E-state index contributed by atoms with van der Waals surface area (Å²) < 4.78 is 0. The van der Waals surface area contributed by atoms with Crippen LogP contribution in [0.4, 0.5) is 0 Å². The fraction of sp³-hybridized carbons (Fsp3) is 0.600. The van der Waals surface area contributed by atoms with E-state index in [1.54, 1.807) is 17.2 Å². The molecule has 4 N–H and O–H groups in total. The number of hydrogen-bond donors (Lipinski definition) is 3. The Hall–Kier alpha value is -0.630. The minimum atomic E-state index is -0.991. The summed E-state index contributed by atoms with van der Waals surface area (Å²) in [7, 11) is 0. The van der Waals surface area contributed by atoms with E-state index < -0.39 is 17.5 Å². The van der Waals surface area contributed by atoms with Gasteiger partial charge in [0, 0.05) is 5.41 Å². The monoisotopic (exact) mass is 274 g/mol. The van der Waals surface area contributed by atoms with E-state index in [2.05, 4.69) is 0 Å². The topological polar surface area (TPSA) is 86.8 Å². The maximum atomic E-state index is 11.0. The largest absolute Gasteiger partial charge is 0.477 e. The quantitative estimate of drug-likeness (QED) is 0.637. The molecule has 0 amide bonds. The Morgan fingerprint density at radius 2 is 2.47 bits per heavy atom. The number of thioether (sulfide) groups is 1. The first-order valence-electron chi connectivity index (χ1n) is 5.27. The molecule has 0 aromatic heterocycles. The highest BCUT2D eigenvalue weighted by Gasteiger charge is 2.63. The minimum Gasteiger partial charge on any atom is -0.477 e. The number of aliphatic hydroxyl groups excluding tert-OH is 1. The van der Waals surface area contributed by atoms with Gasteiger partial charge in [0.2, 0.25) is 0 Å². The highest BCUT2D eigenvalue weighted by Crippen LogP contribution is 2.56. The summed E-state index contributed by atoms with van der Waals surface area (Å²) in [6.07, 6.45) is -0.0628. The molecule has 3 atom stereocenters. The summed E-state index contributed by atoms with van der Waals surface area (Å²) in [6, 6.07) is 0. The zero-order chi connectivity index (χ0) is 12.8. The molecule has 0 spiro atoms. The molecule has 1 fully saturated rings. The number of aliphatic hydroxyl groups is 1. The van der Waals surface area contributed by atoms with E-state index in [9.17, 15) is 9.90 Å². The van der Waals surface area contributed by atoms with Crippen LogP contribution in [-0.4, -0.2) is 44.1 Å². The van der Waals surface area contributed by atoms with E-state index in [1.807, 2.05) is 0 Å². The van der Waals surface area contributed by atoms with Crippen LogP contribution in [0.2, 0.25) is 0 Å². The number of carboxylic acids is 1. The smallest absolute Gasteiger partial charge is 0.353 e. The highest BCUT2D eigenvalue weighted by molar-refractivity contribution is 8.03. The van der Waals surface area contributed by atoms with E-state index in [4.69, 9.17) is 23.1 Å². The van der Waals surface area contributed by atoms with Crippen molar-refractivity contribution in [2.24, 2.45) is 11.1 Å². The van der Waals surface area contributed by atoms with E-state index in [-0.39, 0.29) is 11.1 Å². The second kappa shape index (κ2) is 4.24. The second-order valence-electron chi connectivity index (χ2n) is 4.23. The Morgan fingerprint density at radius 3 is 2.94 bits per heavy atom. The van der Waals surface area contributed by atoms with Crippen molar-refractivity contribution in [3.05, 3.63) is 11.1 Å². The zero-order valence-corrected chi connectivity index (χ0v) is 10.9. The molecular weight excluding hydrogens is 260 g/mol. The summed E-state index contributed by atoms with van der Waals surface area (Å²) in [4.78, 5) is 13.1. The van der Waals surface area contributed by atoms with Crippen molar-refractivity contribution in [3.8, 4) is 0 Å². The summed E-state index contributed by atoms with van der Waals surface area (Å²) in [5, 5.41) is 20.4. The number of carboxylic acid groups (broad SMARTS) is 1. The lowest BCUT2D eigenvalue weighted by molar-refractivity contribution is -0.134. The van der Waals surface area contributed by atoms with E-state index in [0.717, 1.165) is 0 Å². The molecule has 0 aromatic rings. The van der Waals surface area contributed by atoms with Gasteiger partial charge in [-0.15, -0.1) is 11.8 Å². The molecule has 0 aliphatic carbocycles. The molecule has 1 saturated heterocycles. The van der Waals surface area contributed by atoms with E-state index >= 15 is 0 Å². The van der Waals surface area contributed by atoms with Gasteiger partial charge in [-0.05, 0) is 19.9 Å². The number of aliphatic carboxylic acids is 1. The maximum absolute atomic E-state index is 11.0. The number of fused-ring (bicyclic) bond motifs is 1. The molecule has 2 aliphatic rings. The average molecular weight is 274 g/mol. The van der Waals surface area contributed by atoms with Gasteiger partial charge in [-0.2, -0.15) is 0 Å². The van der Waals surface area contributed by atoms with Crippen LogP contribution in [0.5, 0.6) is 0 Å². The number of nitrogens with two attached hydrogens (primary N) is 1. The van der Waals surface area contributed by atoms with Gasteiger partial charge >= 0.3 is 5.97 Å². The van der Waals surface area contributed by atoms with Crippen LogP contribution in [-0.2, 0) is 4.79 Å². The highest BCUT2D eigenvalue weighted by atomic mass is 32.2. The molecule has 17 heavy (non-hydrogen) atoms. The zero-order valence-electron chi connectivity index (χ0n) is 9.29. The molecule has 7 heteroatoms. The maximum Gasteiger partial charge on any atom is 0.353 e. The molecule has 2 aliphatic heterocycles. The van der Waals surface area contributed by atoms with Gasteiger partial charge in [-0.25, -0.2) is 4.79 Å². The number of nitrogens with zero attached hydrogens (tertiary/aromatic N) is 1. The van der Waals surface area contributed by atoms with Crippen LogP contribution in [0.1, 0.15) is 13.3 Å². The third-order valence-corrected chi connectivity index (χ3v) is 5.21. The number of rotatable bonds is 4. The fourth-order valence-electron chi connectivity index (χ4n) is 2.42. The molecule has 0 aromatic carbocycles.